The molecule has 0 spiro atoms. The Balaban J connectivity index is 1.75. The van der Waals surface area contributed by atoms with Crippen molar-refractivity contribution < 1.29 is 9.47 Å². The van der Waals surface area contributed by atoms with Crippen LogP contribution in [0.1, 0.15) is 12.8 Å². The van der Waals surface area contributed by atoms with E-state index in [9.17, 15) is 0 Å². The van der Waals surface area contributed by atoms with Crippen LogP contribution in [-0.4, -0.2) is 35.1 Å². The predicted octanol–water partition coefficient (Wildman–Crippen LogP) is 0.305. The largest absolute Gasteiger partial charge is 0.488 e. The molecule has 0 bridgehead atoms. The van der Waals surface area contributed by atoms with Crippen LogP contribution in [0.2, 0.25) is 0 Å². The lowest BCUT2D eigenvalue weighted by atomic mass is 10.2. The molecule has 2 heterocycles. The Morgan fingerprint density at radius 2 is 2.40 bits per heavy atom. The number of ether oxygens (including phenoxy) is 2. The first-order valence-electron chi connectivity index (χ1n) is 5.25. The topological polar surface area (TPSA) is 62.3 Å². The molecule has 15 heavy (non-hydrogen) atoms. The first-order chi connectivity index (χ1) is 7.28. The van der Waals surface area contributed by atoms with Crippen molar-refractivity contribution in [2.75, 3.05) is 13.2 Å². The van der Waals surface area contributed by atoms with Crippen molar-refractivity contribution in [1.82, 2.24) is 9.78 Å². The molecule has 1 aromatic rings. The van der Waals surface area contributed by atoms with Gasteiger partial charge < -0.3 is 15.2 Å². The van der Waals surface area contributed by atoms with Gasteiger partial charge >= 0.3 is 0 Å². The van der Waals surface area contributed by atoms with E-state index >= 15 is 0 Å². The van der Waals surface area contributed by atoms with Crippen molar-refractivity contribution in [1.29, 1.82) is 0 Å². The third kappa shape index (κ3) is 2.70. The normalized spacial score (nSPS) is 25.7. The Morgan fingerprint density at radius 3 is 3.00 bits per heavy atom. The lowest BCUT2D eigenvalue weighted by molar-refractivity contribution is 0.0222. The molecule has 0 radical (unpaired) electrons. The average molecular weight is 211 g/mol. The number of hydrogen-bond donors (Lipinski definition) is 1. The van der Waals surface area contributed by atoms with Crippen LogP contribution in [0, 0.1) is 0 Å². The second kappa shape index (κ2) is 4.63. The van der Waals surface area contributed by atoms with E-state index in [1.165, 1.54) is 0 Å². The number of aromatic nitrogens is 2. The van der Waals surface area contributed by atoms with Crippen LogP contribution >= 0.6 is 0 Å². The second-order valence-electron chi connectivity index (χ2n) is 3.85. The fourth-order valence-corrected chi connectivity index (χ4v) is 1.74. The first kappa shape index (κ1) is 10.4. The highest BCUT2D eigenvalue weighted by molar-refractivity contribution is 5.11. The van der Waals surface area contributed by atoms with Crippen molar-refractivity contribution in [3.05, 3.63) is 12.4 Å². The fourth-order valence-electron chi connectivity index (χ4n) is 1.74. The maximum Gasteiger partial charge on any atom is 0.157 e. The van der Waals surface area contributed by atoms with Crippen LogP contribution in [0.4, 0.5) is 0 Å². The van der Waals surface area contributed by atoms with Crippen LogP contribution in [0.5, 0.6) is 5.75 Å². The molecule has 0 saturated carbocycles. The third-order valence-electron chi connectivity index (χ3n) is 2.58. The molecular formula is C10H17N3O2. The predicted molar refractivity (Wildman–Crippen MR) is 55.7 cm³/mol. The zero-order chi connectivity index (χ0) is 10.7. The van der Waals surface area contributed by atoms with E-state index < -0.39 is 0 Å². The fraction of sp³-hybridized carbons (Fsp3) is 0.700. The minimum Gasteiger partial charge on any atom is -0.488 e. The maximum atomic E-state index is 5.66. The van der Waals surface area contributed by atoms with Gasteiger partial charge in [-0.2, -0.15) is 5.10 Å². The monoisotopic (exact) mass is 211 g/mol. The molecule has 1 fully saturated rings. The summed E-state index contributed by atoms with van der Waals surface area (Å²) in [6.07, 6.45) is 6.01. The van der Waals surface area contributed by atoms with E-state index in [4.69, 9.17) is 15.2 Å². The molecule has 2 unspecified atom stereocenters. The minimum absolute atomic E-state index is 0.179. The SMILES string of the molecule is Cn1cc(OCC2CCC(CN)O2)cn1. The molecule has 1 saturated heterocycles. The van der Waals surface area contributed by atoms with Gasteiger partial charge in [0.1, 0.15) is 6.61 Å². The number of aryl methyl sites for hydroxylation is 1. The standard InChI is InChI=1S/C10H17N3O2/c1-13-6-10(5-12-13)14-7-9-3-2-8(4-11)15-9/h5-6,8-9H,2-4,7,11H2,1H3. The van der Waals surface area contributed by atoms with Crippen molar-refractivity contribution in [3.63, 3.8) is 0 Å². The van der Waals surface area contributed by atoms with Crippen LogP contribution in [0.3, 0.4) is 0 Å². The highest BCUT2D eigenvalue weighted by Crippen LogP contribution is 2.19. The van der Waals surface area contributed by atoms with Crippen molar-refractivity contribution >= 4 is 0 Å². The minimum atomic E-state index is 0.179. The van der Waals surface area contributed by atoms with Crippen LogP contribution in [-0.2, 0) is 11.8 Å². The summed E-state index contributed by atoms with van der Waals surface area (Å²) < 4.78 is 12.9. The number of nitrogens with zero attached hydrogens (tertiary/aromatic N) is 2. The van der Waals surface area contributed by atoms with Crippen LogP contribution in [0.25, 0.3) is 0 Å². The van der Waals surface area contributed by atoms with E-state index in [0.29, 0.717) is 13.2 Å². The smallest absolute Gasteiger partial charge is 0.157 e. The Kier molecular flexibility index (Phi) is 3.23. The summed E-state index contributed by atoms with van der Waals surface area (Å²) in [4.78, 5) is 0. The quantitative estimate of drug-likeness (QED) is 0.778. The van der Waals surface area contributed by atoms with Gasteiger partial charge in [-0.15, -0.1) is 0 Å². The number of rotatable bonds is 4. The molecule has 1 aliphatic heterocycles. The Hall–Kier alpha value is -1.07. The van der Waals surface area contributed by atoms with Gasteiger partial charge in [0.15, 0.2) is 5.75 Å². The van der Waals surface area contributed by atoms with Gasteiger partial charge in [-0.1, -0.05) is 0 Å². The van der Waals surface area contributed by atoms with Gasteiger partial charge in [0.2, 0.25) is 0 Å². The molecule has 0 aliphatic carbocycles. The molecule has 1 aromatic heterocycles. The lowest BCUT2D eigenvalue weighted by Crippen LogP contribution is -2.23. The summed E-state index contributed by atoms with van der Waals surface area (Å²) in [6.45, 7) is 1.19. The van der Waals surface area contributed by atoms with Crippen molar-refractivity contribution in [2.45, 2.75) is 25.0 Å². The van der Waals surface area contributed by atoms with Gasteiger partial charge in [0.25, 0.3) is 0 Å². The number of nitrogens with two attached hydrogens (primary N) is 1. The highest BCUT2D eigenvalue weighted by Gasteiger charge is 2.24. The molecule has 5 heteroatoms. The summed E-state index contributed by atoms with van der Waals surface area (Å²) in [5, 5.41) is 4.02. The van der Waals surface area contributed by atoms with Gasteiger partial charge in [-0.05, 0) is 12.8 Å². The third-order valence-corrected chi connectivity index (χ3v) is 2.58. The van der Waals surface area contributed by atoms with Gasteiger partial charge in [0.05, 0.1) is 24.6 Å². The van der Waals surface area contributed by atoms with Gasteiger partial charge in [0, 0.05) is 13.6 Å². The first-order valence-corrected chi connectivity index (χ1v) is 5.25. The van der Waals surface area contributed by atoms with Gasteiger partial charge in [-0.25, -0.2) is 0 Å². The van der Waals surface area contributed by atoms with Crippen molar-refractivity contribution in [3.8, 4) is 5.75 Å². The summed E-state index contributed by atoms with van der Waals surface area (Å²) in [5.74, 6) is 0.789. The molecule has 0 aromatic carbocycles. The van der Waals surface area contributed by atoms with Crippen LogP contribution in [0.15, 0.2) is 12.4 Å². The van der Waals surface area contributed by atoms with Gasteiger partial charge in [-0.3, -0.25) is 4.68 Å². The van der Waals surface area contributed by atoms with E-state index in [1.807, 2.05) is 13.2 Å². The van der Waals surface area contributed by atoms with Crippen LogP contribution < -0.4 is 10.5 Å². The van der Waals surface area contributed by atoms with E-state index in [-0.39, 0.29) is 12.2 Å². The van der Waals surface area contributed by atoms with E-state index in [1.54, 1.807) is 10.9 Å². The van der Waals surface area contributed by atoms with E-state index in [0.717, 1.165) is 18.6 Å². The molecule has 2 N–H and O–H groups in total. The zero-order valence-electron chi connectivity index (χ0n) is 8.93. The zero-order valence-corrected chi connectivity index (χ0v) is 8.93. The highest BCUT2D eigenvalue weighted by atomic mass is 16.5. The summed E-state index contributed by atoms with van der Waals surface area (Å²) >= 11 is 0. The van der Waals surface area contributed by atoms with E-state index in [2.05, 4.69) is 5.10 Å². The Morgan fingerprint density at radius 1 is 1.60 bits per heavy atom. The Labute approximate surface area is 89.2 Å². The van der Waals surface area contributed by atoms with Crippen molar-refractivity contribution in [2.24, 2.45) is 12.8 Å². The summed E-state index contributed by atoms with van der Waals surface area (Å²) in [5.41, 5.74) is 5.53. The summed E-state index contributed by atoms with van der Waals surface area (Å²) in [6, 6.07) is 0. The summed E-state index contributed by atoms with van der Waals surface area (Å²) in [7, 11) is 1.86. The molecule has 1 aliphatic rings. The number of hydrogen-bond acceptors (Lipinski definition) is 4. The second-order valence-corrected chi connectivity index (χ2v) is 3.85. The molecule has 5 nitrogen and oxygen atoms in total. The molecule has 2 atom stereocenters. The molecular weight excluding hydrogens is 194 g/mol. The lowest BCUT2D eigenvalue weighted by Gasteiger charge is -2.12. The molecule has 0 amide bonds. The average Bonchev–Trinajstić information content (AvgIpc) is 2.83. The Bertz CT molecular complexity index is 313. The molecule has 84 valence electrons. The molecule has 2 rings (SSSR count). The maximum absolute atomic E-state index is 5.66.